The van der Waals surface area contributed by atoms with Crippen LogP contribution >= 0.6 is 0 Å². The van der Waals surface area contributed by atoms with Crippen molar-refractivity contribution >= 4 is 6.21 Å². The smallest absolute Gasteiger partial charge is 0.0968 e. The van der Waals surface area contributed by atoms with E-state index in [0.29, 0.717) is 0 Å². The van der Waals surface area contributed by atoms with Crippen molar-refractivity contribution in [3.8, 4) is 0 Å². The van der Waals surface area contributed by atoms with Crippen LogP contribution in [0.3, 0.4) is 0 Å². The third-order valence-corrected chi connectivity index (χ3v) is 0.888. The van der Waals surface area contributed by atoms with Crippen LogP contribution in [0.1, 0.15) is 12.8 Å². The van der Waals surface area contributed by atoms with Crippen molar-refractivity contribution in [3.05, 3.63) is 0 Å². The van der Waals surface area contributed by atoms with Crippen molar-refractivity contribution in [2.24, 2.45) is 10.7 Å². The monoisotopic (exact) mass is 84.1 g/mol. The number of rotatable bonds is 0. The second-order valence-electron chi connectivity index (χ2n) is 1.48. The zero-order valence-electron chi connectivity index (χ0n) is 3.59. The number of aliphatic imine (C=N–C) groups is 1. The summed E-state index contributed by atoms with van der Waals surface area (Å²) in [6, 6.07) is 0. The Morgan fingerprint density at radius 3 is 2.83 bits per heavy atom. The third kappa shape index (κ3) is 0.571. The summed E-state index contributed by atoms with van der Waals surface area (Å²) in [7, 11) is 0. The number of nitrogens with zero attached hydrogens (tertiary/aromatic N) is 1. The van der Waals surface area contributed by atoms with Crippen molar-refractivity contribution in [2.75, 3.05) is 0 Å². The predicted molar refractivity (Wildman–Crippen MR) is 25.7 cm³/mol. The molecule has 0 bridgehead atoms. The minimum Gasteiger partial charge on any atom is -0.310 e. The molecule has 0 aromatic carbocycles. The van der Waals surface area contributed by atoms with E-state index in [0.717, 1.165) is 12.8 Å². The van der Waals surface area contributed by atoms with Gasteiger partial charge in [-0.1, -0.05) is 0 Å². The highest BCUT2D eigenvalue weighted by Gasteiger charge is 2.00. The Bertz CT molecular complexity index is 67.9. The Balaban J connectivity index is 2.38. The summed E-state index contributed by atoms with van der Waals surface area (Å²) in [5.41, 5.74) is 5.34. The molecule has 0 saturated carbocycles. The van der Waals surface area contributed by atoms with Gasteiger partial charge in [0.25, 0.3) is 0 Å². The fourth-order valence-corrected chi connectivity index (χ4v) is 0.530. The van der Waals surface area contributed by atoms with Crippen LogP contribution < -0.4 is 5.73 Å². The quantitative estimate of drug-likeness (QED) is 0.445. The molecule has 1 atom stereocenters. The molecular weight excluding hydrogens is 76.1 g/mol. The lowest BCUT2D eigenvalue weighted by Crippen LogP contribution is -2.11. The first kappa shape index (κ1) is 3.81. The van der Waals surface area contributed by atoms with Gasteiger partial charge < -0.3 is 5.73 Å². The molecule has 1 unspecified atom stereocenters. The van der Waals surface area contributed by atoms with E-state index >= 15 is 0 Å². The second-order valence-corrected chi connectivity index (χ2v) is 1.48. The zero-order valence-corrected chi connectivity index (χ0v) is 3.59. The van der Waals surface area contributed by atoms with Gasteiger partial charge in [0.1, 0.15) is 0 Å². The first-order chi connectivity index (χ1) is 2.89. The first-order valence-corrected chi connectivity index (χ1v) is 2.17. The Kier molecular flexibility index (Phi) is 0.881. The molecule has 1 heterocycles. The molecule has 1 rings (SSSR count). The van der Waals surface area contributed by atoms with E-state index in [1.807, 2.05) is 6.21 Å². The van der Waals surface area contributed by atoms with E-state index in [-0.39, 0.29) is 6.17 Å². The number of hydrogen-bond acceptors (Lipinski definition) is 2. The molecule has 0 aromatic rings. The van der Waals surface area contributed by atoms with Crippen LogP contribution in [-0.2, 0) is 0 Å². The fraction of sp³-hybridized carbons (Fsp3) is 0.750. The zero-order chi connectivity index (χ0) is 4.41. The van der Waals surface area contributed by atoms with Gasteiger partial charge in [-0.25, -0.2) is 0 Å². The summed E-state index contributed by atoms with van der Waals surface area (Å²) in [6.07, 6.45) is 4.11. The molecule has 0 saturated heterocycles. The molecule has 0 aromatic heterocycles. The minimum absolute atomic E-state index is 0.116. The van der Waals surface area contributed by atoms with Crippen LogP contribution in [0, 0.1) is 0 Å². The van der Waals surface area contributed by atoms with E-state index in [1.54, 1.807) is 0 Å². The average Bonchev–Trinajstić information content (AvgIpc) is 1.86. The van der Waals surface area contributed by atoms with Gasteiger partial charge >= 0.3 is 0 Å². The fourth-order valence-electron chi connectivity index (χ4n) is 0.530. The molecule has 0 radical (unpaired) electrons. The molecule has 2 heteroatoms. The van der Waals surface area contributed by atoms with E-state index in [1.165, 1.54) is 0 Å². The van der Waals surface area contributed by atoms with Crippen LogP contribution in [0.25, 0.3) is 0 Å². The van der Waals surface area contributed by atoms with Crippen molar-refractivity contribution in [1.29, 1.82) is 0 Å². The first-order valence-electron chi connectivity index (χ1n) is 2.17. The van der Waals surface area contributed by atoms with Crippen LogP contribution in [-0.4, -0.2) is 12.4 Å². The molecule has 34 valence electrons. The molecule has 1 aliphatic heterocycles. The summed E-state index contributed by atoms with van der Waals surface area (Å²) in [5.74, 6) is 0. The molecule has 2 nitrogen and oxygen atoms in total. The Morgan fingerprint density at radius 2 is 2.67 bits per heavy atom. The molecule has 2 N–H and O–H groups in total. The Morgan fingerprint density at radius 1 is 1.83 bits per heavy atom. The molecule has 6 heavy (non-hydrogen) atoms. The lowest BCUT2D eigenvalue weighted by Gasteiger charge is -1.89. The van der Waals surface area contributed by atoms with Gasteiger partial charge in [0.15, 0.2) is 0 Å². The van der Waals surface area contributed by atoms with Gasteiger partial charge in [0.05, 0.1) is 6.17 Å². The largest absolute Gasteiger partial charge is 0.310 e. The lowest BCUT2D eigenvalue weighted by molar-refractivity contribution is 0.705. The van der Waals surface area contributed by atoms with Crippen molar-refractivity contribution in [1.82, 2.24) is 0 Å². The van der Waals surface area contributed by atoms with Crippen LogP contribution in [0.15, 0.2) is 4.99 Å². The standard InChI is InChI=1S/C4H8N2/c5-4-2-1-3-6-4/h3-4H,1-2,5H2. The molecular formula is C4H8N2. The number of hydrogen-bond donors (Lipinski definition) is 1. The Hall–Kier alpha value is -0.370. The molecule has 0 aliphatic carbocycles. The van der Waals surface area contributed by atoms with Crippen molar-refractivity contribution < 1.29 is 0 Å². The van der Waals surface area contributed by atoms with Crippen LogP contribution in [0.2, 0.25) is 0 Å². The van der Waals surface area contributed by atoms with Gasteiger partial charge in [0, 0.05) is 6.21 Å². The van der Waals surface area contributed by atoms with Crippen LogP contribution in [0.5, 0.6) is 0 Å². The summed E-state index contributed by atoms with van der Waals surface area (Å²) < 4.78 is 0. The summed E-state index contributed by atoms with van der Waals surface area (Å²) in [6.45, 7) is 0. The highest BCUT2D eigenvalue weighted by molar-refractivity contribution is 5.59. The summed E-state index contributed by atoms with van der Waals surface area (Å²) in [5, 5.41) is 0. The van der Waals surface area contributed by atoms with Gasteiger partial charge in [-0.05, 0) is 12.8 Å². The highest BCUT2D eigenvalue weighted by Crippen LogP contribution is 1.99. The SMILES string of the molecule is NC1CCC=N1. The van der Waals surface area contributed by atoms with Gasteiger partial charge in [-0.3, -0.25) is 4.99 Å². The second kappa shape index (κ2) is 1.39. The normalized spacial score (nSPS) is 31.8. The van der Waals surface area contributed by atoms with E-state index < -0.39 is 0 Å². The maximum Gasteiger partial charge on any atom is 0.0968 e. The summed E-state index contributed by atoms with van der Waals surface area (Å²) in [4.78, 5) is 3.89. The molecule has 0 amide bonds. The maximum absolute atomic E-state index is 5.34. The summed E-state index contributed by atoms with van der Waals surface area (Å²) >= 11 is 0. The molecule has 0 fully saturated rings. The van der Waals surface area contributed by atoms with Crippen molar-refractivity contribution in [2.45, 2.75) is 19.0 Å². The molecule has 0 spiro atoms. The highest BCUT2D eigenvalue weighted by atomic mass is 14.9. The minimum atomic E-state index is 0.116. The Labute approximate surface area is 37.1 Å². The van der Waals surface area contributed by atoms with Gasteiger partial charge in [-0.15, -0.1) is 0 Å². The topological polar surface area (TPSA) is 38.4 Å². The van der Waals surface area contributed by atoms with Crippen molar-refractivity contribution in [3.63, 3.8) is 0 Å². The van der Waals surface area contributed by atoms with Gasteiger partial charge in [-0.2, -0.15) is 0 Å². The maximum atomic E-state index is 5.34. The van der Waals surface area contributed by atoms with E-state index in [4.69, 9.17) is 5.73 Å². The van der Waals surface area contributed by atoms with Gasteiger partial charge in [0.2, 0.25) is 0 Å². The average molecular weight is 84.1 g/mol. The number of nitrogens with two attached hydrogens (primary N) is 1. The predicted octanol–water partition coefficient (Wildman–Crippen LogP) is 0.136. The van der Waals surface area contributed by atoms with E-state index in [2.05, 4.69) is 4.99 Å². The third-order valence-electron chi connectivity index (χ3n) is 0.888. The lowest BCUT2D eigenvalue weighted by atomic mass is 10.3. The van der Waals surface area contributed by atoms with Crippen LogP contribution in [0.4, 0.5) is 0 Å². The van der Waals surface area contributed by atoms with E-state index in [9.17, 15) is 0 Å². The molecule has 1 aliphatic rings.